The number of phosphoric ester groups is 1. The van der Waals surface area contributed by atoms with E-state index in [-0.39, 0.29) is 19.4 Å². The van der Waals surface area contributed by atoms with Crippen LogP contribution in [0.4, 0.5) is 0 Å². The molecule has 0 aromatic rings. The maximum Gasteiger partial charge on any atom is 0.469 e. The number of carbonyl (C=O) groups excluding carboxylic acids is 2. The van der Waals surface area contributed by atoms with E-state index in [1.165, 1.54) is 122 Å². The number of phosphoric acid groups is 1. The number of rotatable bonds is 40. The average molecular weight is 781 g/mol. The van der Waals surface area contributed by atoms with Crippen molar-refractivity contribution in [2.24, 2.45) is 0 Å². The van der Waals surface area contributed by atoms with E-state index in [0.29, 0.717) is 19.3 Å². The lowest BCUT2D eigenvalue weighted by atomic mass is 10.1. The molecule has 0 saturated heterocycles. The first kappa shape index (κ1) is 52.0. The van der Waals surface area contributed by atoms with Crippen molar-refractivity contribution < 1.29 is 37.9 Å². The summed E-state index contributed by atoms with van der Waals surface area (Å²) in [6, 6.07) is 0. The van der Waals surface area contributed by atoms with Gasteiger partial charge < -0.3 is 19.3 Å². The third kappa shape index (κ3) is 42.7. The number of allylic oxidation sites excluding steroid dienone is 8. The zero-order chi connectivity index (χ0) is 39.6. The summed E-state index contributed by atoms with van der Waals surface area (Å²) in [4.78, 5) is 42.9. The van der Waals surface area contributed by atoms with Crippen molar-refractivity contribution in [2.45, 2.75) is 213 Å². The molecule has 0 aliphatic heterocycles. The Labute approximate surface area is 331 Å². The second-order valence-electron chi connectivity index (χ2n) is 14.7. The predicted molar refractivity (Wildman–Crippen MR) is 225 cm³/mol. The van der Waals surface area contributed by atoms with Crippen LogP contribution in [-0.2, 0) is 28.2 Å². The molecule has 0 aliphatic carbocycles. The third-order valence-electron chi connectivity index (χ3n) is 9.32. The Bertz CT molecular complexity index is 1020. The van der Waals surface area contributed by atoms with Gasteiger partial charge in [-0.25, -0.2) is 4.57 Å². The topological polar surface area (TPSA) is 119 Å². The number of carbonyl (C=O) groups is 2. The highest BCUT2D eigenvalue weighted by Crippen LogP contribution is 2.36. The Hall–Kier alpha value is -1.99. The molecule has 0 rings (SSSR count). The lowest BCUT2D eigenvalue weighted by Crippen LogP contribution is -2.29. The van der Waals surface area contributed by atoms with Crippen molar-refractivity contribution in [3.05, 3.63) is 48.6 Å². The number of hydrogen-bond acceptors (Lipinski definition) is 6. The molecule has 0 radical (unpaired) electrons. The first-order valence-electron chi connectivity index (χ1n) is 21.9. The van der Waals surface area contributed by atoms with Gasteiger partial charge in [0.1, 0.15) is 6.61 Å². The van der Waals surface area contributed by atoms with Crippen LogP contribution in [0.2, 0.25) is 0 Å². The summed E-state index contributed by atoms with van der Waals surface area (Å²) in [7, 11) is -4.77. The maximum absolute atomic E-state index is 12.4. The van der Waals surface area contributed by atoms with Gasteiger partial charge in [-0.3, -0.25) is 14.1 Å². The molecule has 0 heterocycles. The van der Waals surface area contributed by atoms with Crippen LogP contribution in [0.5, 0.6) is 0 Å². The molecule has 0 saturated carbocycles. The van der Waals surface area contributed by atoms with E-state index in [9.17, 15) is 14.2 Å². The minimum atomic E-state index is -4.77. The van der Waals surface area contributed by atoms with E-state index >= 15 is 0 Å². The number of esters is 2. The third-order valence-corrected chi connectivity index (χ3v) is 9.81. The van der Waals surface area contributed by atoms with E-state index in [0.717, 1.165) is 38.5 Å². The van der Waals surface area contributed by atoms with Crippen LogP contribution in [0.3, 0.4) is 0 Å². The van der Waals surface area contributed by atoms with Crippen LogP contribution in [0, 0.1) is 0 Å². The highest BCUT2D eigenvalue weighted by atomic mass is 31.2. The fourth-order valence-corrected chi connectivity index (χ4v) is 6.39. The normalized spacial score (nSPS) is 12.9. The molecule has 0 aliphatic rings. The molecule has 0 bridgehead atoms. The SMILES string of the molecule is CCCCCCCC/C=C/C/C=C/C/C=C/CCCC(=O)O[C@H](COC(=O)CCCCCCCCCCC/C=C/CCCCCCCC)COP(=O)(O)O. The molecule has 0 aromatic carbocycles. The van der Waals surface area contributed by atoms with Gasteiger partial charge in [0.2, 0.25) is 0 Å². The molecule has 0 fully saturated rings. The average Bonchev–Trinajstić information content (AvgIpc) is 3.14. The van der Waals surface area contributed by atoms with Crippen LogP contribution in [0.25, 0.3) is 0 Å². The number of ether oxygens (including phenoxy) is 2. The van der Waals surface area contributed by atoms with Gasteiger partial charge in [-0.05, 0) is 70.6 Å². The van der Waals surface area contributed by atoms with Crippen LogP contribution in [0.1, 0.15) is 206 Å². The molecule has 1 atom stereocenters. The summed E-state index contributed by atoms with van der Waals surface area (Å²) in [6.45, 7) is 3.64. The van der Waals surface area contributed by atoms with E-state index in [4.69, 9.17) is 19.3 Å². The molecular formula is C45H81O8P. The van der Waals surface area contributed by atoms with Gasteiger partial charge >= 0.3 is 19.8 Å². The maximum atomic E-state index is 12.4. The first-order valence-corrected chi connectivity index (χ1v) is 23.5. The highest BCUT2D eigenvalue weighted by Gasteiger charge is 2.22. The van der Waals surface area contributed by atoms with Gasteiger partial charge in [0.05, 0.1) is 6.61 Å². The highest BCUT2D eigenvalue weighted by molar-refractivity contribution is 7.46. The molecular weight excluding hydrogens is 699 g/mol. The van der Waals surface area contributed by atoms with Gasteiger partial charge in [0, 0.05) is 12.8 Å². The second kappa shape index (κ2) is 40.7. The lowest BCUT2D eigenvalue weighted by molar-refractivity contribution is -0.161. The fraction of sp³-hybridized carbons (Fsp3) is 0.778. The Balaban J connectivity index is 3.97. The zero-order valence-electron chi connectivity index (χ0n) is 34.6. The molecule has 0 aromatic heterocycles. The standard InChI is InChI=1S/C45H81O8P/c1-3-5-7-9-11-13-15-17-19-21-22-24-25-27-29-31-33-35-37-39-44(46)51-41-43(42-52-54(48,49)50)53-45(47)40-38-36-34-32-30-28-26-23-20-18-16-14-12-10-8-6-4-2/h17-20,26,28,32,34,43H,3-16,21-25,27,29-31,33,35-42H2,1-2H3,(H2,48,49,50)/b19-17+,20-18+,28-26+,34-32+/t43-/m1/s1. The molecule has 9 heteroatoms. The van der Waals surface area contributed by atoms with Crippen molar-refractivity contribution in [3.63, 3.8) is 0 Å². The monoisotopic (exact) mass is 781 g/mol. The number of hydrogen-bond donors (Lipinski definition) is 2. The van der Waals surface area contributed by atoms with Crippen LogP contribution < -0.4 is 0 Å². The van der Waals surface area contributed by atoms with E-state index in [1.54, 1.807) is 0 Å². The van der Waals surface area contributed by atoms with Crippen molar-refractivity contribution >= 4 is 19.8 Å². The summed E-state index contributed by atoms with van der Waals surface area (Å²) >= 11 is 0. The molecule has 54 heavy (non-hydrogen) atoms. The summed E-state index contributed by atoms with van der Waals surface area (Å²) in [5.74, 6) is -0.946. The Morgan fingerprint density at radius 1 is 0.481 bits per heavy atom. The second-order valence-corrected chi connectivity index (χ2v) is 15.9. The molecule has 8 nitrogen and oxygen atoms in total. The minimum absolute atomic E-state index is 0.140. The lowest BCUT2D eigenvalue weighted by Gasteiger charge is -2.18. The molecule has 0 amide bonds. The molecule has 314 valence electrons. The minimum Gasteiger partial charge on any atom is -0.462 e. The zero-order valence-corrected chi connectivity index (χ0v) is 35.5. The van der Waals surface area contributed by atoms with Gasteiger partial charge in [-0.15, -0.1) is 0 Å². The van der Waals surface area contributed by atoms with E-state index in [2.05, 4.69) is 60.9 Å². The summed E-state index contributed by atoms with van der Waals surface area (Å²) in [6.07, 6.45) is 49.8. The largest absolute Gasteiger partial charge is 0.469 e. The van der Waals surface area contributed by atoms with Crippen molar-refractivity contribution in [1.29, 1.82) is 0 Å². The van der Waals surface area contributed by atoms with Crippen molar-refractivity contribution in [3.8, 4) is 0 Å². The molecule has 0 spiro atoms. The van der Waals surface area contributed by atoms with Gasteiger partial charge in [0.25, 0.3) is 0 Å². The smallest absolute Gasteiger partial charge is 0.462 e. The summed E-state index contributed by atoms with van der Waals surface area (Å²) < 4.78 is 26.4. The predicted octanol–water partition coefficient (Wildman–Crippen LogP) is 13.5. The Morgan fingerprint density at radius 2 is 0.852 bits per heavy atom. The fourth-order valence-electron chi connectivity index (χ4n) is 6.03. The summed E-state index contributed by atoms with van der Waals surface area (Å²) in [5, 5.41) is 0. The molecule has 0 unspecified atom stereocenters. The van der Waals surface area contributed by atoms with Gasteiger partial charge in [-0.2, -0.15) is 0 Å². The number of unbranched alkanes of at least 4 members (excludes halogenated alkanes) is 22. The Kier molecular flexibility index (Phi) is 39.2. The van der Waals surface area contributed by atoms with Gasteiger partial charge in [-0.1, -0.05) is 172 Å². The summed E-state index contributed by atoms with van der Waals surface area (Å²) in [5.41, 5.74) is 0. The van der Waals surface area contributed by atoms with E-state index in [1.807, 2.05) is 6.08 Å². The van der Waals surface area contributed by atoms with E-state index < -0.39 is 32.5 Å². The quantitative estimate of drug-likeness (QED) is 0.0273. The Morgan fingerprint density at radius 3 is 1.31 bits per heavy atom. The van der Waals surface area contributed by atoms with Crippen LogP contribution in [-0.4, -0.2) is 41.0 Å². The van der Waals surface area contributed by atoms with Crippen LogP contribution >= 0.6 is 7.82 Å². The van der Waals surface area contributed by atoms with Crippen molar-refractivity contribution in [1.82, 2.24) is 0 Å². The van der Waals surface area contributed by atoms with Crippen LogP contribution in [0.15, 0.2) is 48.6 Å². The van der Waals surface area contributed by atoms with Gasteiger partial charge in [0.15, 0.2) is 6.10 Å². The van der Waals surface area contributed by atoms with Crippen molar-refractivity contribution in [2.75, 3.05) is 13.2 Å². The first-order chi connectivity index (χ1) is 26.3. The molecule has 2 N–H and O–H groups in total.